The van der Waals surface area contributed by atoms with E-state index in [-0.39, 0.29) is 12.1 Å². The lowest BCUT2D eigenvalue weighted by molar-refractivity contribution is 0.183. The summed E-state index contributed by atoms with van der Waals surface area (Å²) in [6, 6.07) is 1.88. The van der Waals surface area contributed by atoms with Crippen LogP contribution in [0.5, 0.6) is 5.88 Å². The summed E-state index contributed by atoms with van der Waals surface area (Å²) in [5.74, 6) is 1.53. The number of anilines is 1. The van der Waals surface area contributed by atoms with Crippen LogP contribution in [0.15, 0.2) is 12.4 Å². The Labute approximate surface area is 130 Å². The first kappa shape index (κ1) is 14.9. The molecule has 3 rings (SSSR count). The molecule has 1 aromatic rings. The van der Waals surface area contributed by atoms with E-state index >= 15 is 0 Å². The predicted octanol–water partition coefficient (Wildman–Crippen LogP) is 1.26. The van der Waals surface area contributed by atoms with Gasteiger partial charge in [-0.2, -0.15) is 0 Å². The molecule has 2 aliphatic rings. The number of hydrogen-bond acceptors (Lipinski definition) is 5. The minimum absolute atomic E-state index is 0.00364. The van der Waals surface area contributed by atoms with E-state index in [0.717, 1.165) is 31.9 Å². The molecule has 0 spiro atoms. The normalized spacial score (nSPS) is 21.2. The summed E-state index contributed by atoms with van der Waals surface area (Å²) in [6.45, 7) is 5.99. The van der Waals surface area contributed by atoms with Gasteiger partial charge in [0.25, 0.3) is 0 Å². The Bertz CT molecular complexity index is 518. The fourth-order valence-corrected chi connectivity index (χ4v) is 2.96. The van der Waals surface area contributed by atoms with Gasteiger partial charge in [-0.05, 0) is 19.8 Å². The van der Waals surface area contributed by atoms with Crippen molar-refractivity contribution in [2.45, 2.75) is 32.3 Å². The molecule has 7 nitrogen and oxygen atoms in total. The minimum atomic E-state index is -0.0194. The summed E-state index contributed by atoms with van der Waals surface area (Å²) in [6.07, 6.45) is 4.82. The van der Waals surface area contributed by atoms with Gasteiger partial charge in [-0.15, -0.1) is 0 Å². The van der Waals surface area contributed by atoms with Crippen LogP contribution in [0.25, 0.3) is 0 Å². The van der Waals surface area contributed by atoms with Crippen molar-refractivity contribution >= 4 is 11.8 Å². The molecule has 3 heterocycles. The van der Waals surface area contributed by atoms with Gasteiger partial charge in [-0.3, -0.25) is 0 Å². The van der Waals surface area contributed by atoms with E-state index in [4.69, 9.17) is 4.74 Å². The number of nitrogens with zero attached hydrogens (tertiary/aromatic N) is 4. The second-order valence-electron chi connectivity index (χ2n) is 5.72. The third kappa shape index (κ3) is 3.40. The first-order valence-corrected chi connectivity index (χ1v) is 8.02. The van der Waals surface area contributed by atoms with Gasteiger partial charge < -0.3 is 19.9 Å². The number of carbonyl (C=O) groups is 1. The van der Waals surface area contributed by atoms with Crippen molar-refractivity contribution in [3.05, 3.63) is 12.4 Å². The van der Waals surface area contributed by atoms with Gasteiger partial charge in [-0.1, -0.05) is 0 Å². The molecule has 2 saturated heterocycles. The van der Waals surface area contributed by atoms with E-state index in [1.807, 2.05) is 13.0 Å². The highest BCUT2D eigenvalue weighted by molar-refractivity contribution is 5.74. The molecule has 0 aliphatic carbocycles. The average molecular weight is 305 g/mol. The van der Waals surface area contributed by atoms with Crippen molar-refractivity contribution in [2.75, 3.05) is 37.6 Å². The van der Waals surface area contributed by atoms with Crippen molar-refractivity contribution in [1.82, 2.24) is 20.2 Å². The van der Waals surface area contributed by atoms with Crippen LogP contribution in [-0.2, 0) is 0 Å². The van der Waals surface area contributed by atoms with E-state index in [2.05, 4.69) is 20.2 Å². The van der Waals surface area contributed by atoms with Gasteiger partial charge in [0.15, 0.2) is 0 Å². The fraction of sp³-hybridized carbons (Fsp3) is 0.667. The number of rotatable bonds is 4. The van der Waals surface area contributed by atoms with Crippen LogP contribution in [0.4, 0.5) is 10.6 Å². The van der Waals surface area contributed by atoms with E-state index in [9.17, 15) is 4.79 Å². The molecule has 1 atom stereocenters. The van der Waals surface area contributed by atoms with Crippen LogP contribution < -0.4 is 15.0 Å². The number of ether oxygens (including phenoxy) is 1. The molecule has 2 fully saturated rings. The molecule has 0 radical (unpaired) electrons. The summed E-state index contributed by atoms with van der Waals surface area (Å²) in [5.41, 5.74) is 0. The zero-order chi connectivity index (χ0) is 15.4. The zero-order valence-electron chi connectivity index (χ0n) is 13.0. The molecule has 0 bridgehead atoms. The molecule has 120 valence electrons. The van der Waals surface area contributed by atoms with Crippen molar-refractivity contribution in [1.29, 1.82) is 0 Å². The maximum atomic E-state index is 11.8. The lowest BCUT2D eigenvalue weighted by Gasteiger charge is -2.19. The van der Waals surface area contributed by atoms with Crippen molar-refractivity contribution in [3.63, 3.8) is 0 Å². The molecule has 2 aliphatic heterocycles. The van der Waals surface area contributed by atoms with Gasteiger partial charge in [0.2, 0.25) is 5.88 Å². The van der Waals surface area contributed by atoms with Crippen molar-refractivity contribution < 1.29 is 9.53 Å². The van der Waals surface area contributed by atoms with Crippen LogP contribution >= 0.6 is 0 Å². The Morgan fingerprint density at radius 1 is 1.36 bits per heavy atom. The molecule has 1 N–H and O–H groups in total. The quantitative estimate of drug-likeness (QED) is 0.907. The largest absolute Gasteiger partial charge is 0.472 e. The standard InChI is InChI=1S/C15H23N5O2/c1-2-16-15(21)20-8-5-12(10-20)22-14-9-13(17-11-18-14)19-6-3-4-7-19/h9,11-12H,2-8,10H2,1H3,(H,16,21)/t12-/m0/s1. The summed E-state index contributed by atoms with van der Waals surface area (Å²) in [4.78, 5) is 24.4. The smallest absolute Gasteiger partial charge is 0.317 e. The highest BCUT2D eigenvalue weighted by atomic mass is 16.5. The van der Waals surface area contributed by atoms with Gasteiger partial charge in [0.1, 0.15) is 18.2 Å². The number of likely N-dealkylation sites (tertiary alicyclic amines) is 1. The Morgan fingerprint density at radius 3 is 2.95 bits per heavy atom. The summed E-state index contributed by atoms with van der Waals surface area (Å²) < 4.78 is 5.93. The third-order valence-electron chi connectivity index (χ3n) is 4.11. The Kier molecular flexibility index (Phi) is 4.60. The molecule has 0 aromatic carbocycles. The van der Waals surface area contributed by atoms with Gasteiger partial charge >= 0.3 is 6.03 Å². The highest BCUT2D eigenvalue weighted by Crippen LogP contribution is 2.22. The summed E-state index contributed by atoms with van der Waals surface area (Å²) >= 11 is 0. The molecule has 7 heteroatoms. The van der Waals surface area contributed by atoms with Crippen LogP contribution in [-0.4, -0.2) is 59.7 Å². The Morgan fingerprint density at radius 2 is 2.18 bits per heavy atom. The first-order chi connectivity index (χ1) is 10.8. The second kappa shape index (κ2) is 6.81. The molecular formula is C15H23N5O2. The van der Waals surface area contributed by atoms with E-state index in [1.165, 1.54) is 12.8 Å². The third-order valence-corrected chi connectivity index (χ3v) is 4.11. The average Bonchev–Trinajstić information content (AvgIpc) is 3.19. The second-order valence-corrected chi connectivity index (χ2v) is 5.72. The fourth-order valence-electron chi connectivity index (χ4n) is 2.96. The first-order valence-electron chi connectivity index (χ1n) is 8.02. The lowest BCUT2D eigenvalue weighted by Crippen LogP contribution is -2.39. The molecule has 1 aromatic heterocycles. The maximum absolute atomic E-state index is 11.8. The topological polar surface area (TPSA) is 70.6 Å². The van der Waals surface area contributed by atoms with Crippen molar-refractivity contribution in [3.8, 4) is 5.88 Å². The van der Waals surface area contributed by atoms with Gasteiger partial charge in [0.05, 0.1) is 6.54 Å². The van der Waals surface area contributed by atoms with E-state index in [1.54, 1.807) is 11.2 Å². The van der Waals surface area contributed by atoms with Gasteiger partial charge in [-0.25, -0.2) is 14.8 Å². The number of amides is 2. The van der Waals surface area contributed by atoms with Gasteiger partial charge in [0, 0.05) is 38.7 Å². The molecular weight excluding hydrogens is 282 g/mol. The molecule has 0 unspecified atom stereocenters. The molecule has 2 amide bonds. The van der Waals surface area contributed by atoms with Crippen LogP contribution in [0.2, 0.25) is 0 Å². The molecule has 0 saturated carbocycles. The minimum Gasteiger partial charge on any atom is -0.472 e. The Hall–Kier alpha value is -2.05. The summed E-state index contributed by atoms with van der Waals surface area (Å²) in [5, 5.41) is 2.82. The van der Waals surface area contributed by atoms with Crippen molar-refractivity contribution in [2.24, 2.45) is 0 Å². The number of carbonyl (C=O) groups excluding carboxylic acids is 1. The van der Waals surface area contributed by atoms with E-state index in [0.29, 0.717) is 19.0 Å². The maximum Gasteiger partial charge on any atom is 0.317 e. The van der Waals surface area contributed by atoms with Crippen LogP contribution in [0.3, 0.4) is 0 Å². The lowest BCUT2D eigenvalue weighted by atomic mass is 10.3. The SMILES string of the molecule is CCNC(=O)N1CC[C@H](Oc2cc(N3CCCC3)ncn2)C1. The van der Waals surface area contributed by atoms with E-state index < -0.39 is 0 Å². The van der Waals surface area contributed by atoms with Crippen LogP contribution in [0, 0.1) is 0 Å². The number of urea groups is 1. The monoisotopic (exact) mass is 305 g/mol. The Balaban J connectivity index is 1.57. The molecule has 22 heavy (non-hydrogen) atoms. The predicted molar refractivity (Wildman–Crippen MR) is 83.2 cm³/mol. The number of aromatic nitrogens is 2. The number of hydrogen-bond donors (Lipinski definition) is 1. The number of nitrogens with one attached hydrogen (secondary N) is 1. The summed E-state index contributed by atoms with van der Waals surface area (Å²) in [7, 11) is 0. The van der Waals surface area contributed by atoms with Crippen LogP contribution in [0.1, 0.15) is 26.2 Å². The zero-order valence-corrected chi connectivity index (χ0v) is 13.0. The highest BCUT2D eigenvalue weighted by Gasteiger charge is 2.27.